The second-order valence-corrected chi connectivity index (χ2v) is 6.31. The van der Waals surface area contributed by atoms with Crippen LogP contribution in [0, 0.1) is 0 Å². The third-order valence-electron chi connectivity index (χ3n) is 3.94. The van der Waals surface area contributed by atoms with Crippen LogP contribution in [0.4, 0.5) is 0 Å². The summed E-state index contributed by atoms with van der Waals surface area (Å²) in [5.41, 5.74) is 1.21. The summed E-state index contributed by atoms with van der Waals surface area (Å²) in [4.78, 5) is 2.51. The van der Waals surface area contributed by atoms with Gasteiger partial charge in [0.2, 0.25) is 0 Å². The molecular formula is C14H18Cl2N2. The van der Waals surface area contributed by atoms with Crippen molar-refractivity contribution in [3.63, 3.8) is 0 Å². The first-order valence-electron chi connectivity index (χ1n) is 6.62. The van der Waals surface area contributed by atoms with E-state index in [4.69, 9.17) is 23.2 Å². The number of benzene rings is 1. The molecule has 2 saturated heterocycles. The number of halogens is 2. The number of hydrogen-bond donors (Lipinski definition) is 1. The fourth-order valence-corrected chi connectivity index (χ4v) is 3.69. The summed E-state index contributed by atoms with van der Waals surface area (Å²) in [5.74, 6) is 0. The second kappa shape index (κ2) is 5.38. The van der Waals surface area contributed by atoms with Gasteiger partial charge in [-0.05, 0) is 43.0 Å². The SMILES string of the molecule is Clc1cc(Cl)cc(CN2CCC3CCC(C2)N3)c1. The Balaban J connectivity index is 1.68. The molecule has 2 heterocycles. The third kappa shape index (κ3) is 3.00. The first-order chi connectivity index (χ1) is 8.69. The van der Waals surface area contributed by atoms with E-state index in [9.17, 15) is 0 Å². The van der Waals surface area contributed by atoms with Crippen molar-refractivity contribution in [2.24, 2.45) is 0 Å². The minimum atomic E-state index is 0.673. The summed E-state index contributed by atoms with van der Waals surface area (Å²) in [6.07, 6.45) is 3.92. The standard InChI is InChI=1S/C14H18Cl2N2/c15-11-5-10(6-12(16)7-11)8-18-4-3-13-1-2-14(9-18)17-13/h5-7,13-14,17H,1-4,8-9H2. The van der Waals surface area contributed by atoms with E-state index in [0.29, 0.717) is 6.04 Å². The summed E-state index contributed by atoms with van der Waals surface area (Å²) in [5, 5.41) is 5.15. The van der Waals surface area contributed by atoms with Gasteiger partial charge in [-0.15, -0.1) is 0 Å². The maximum absolute atomic E-state index is 6.05. The molecule has 1 aromatic carbocycles. The van der Waals surface area contributed by atoms with Gasteiger partial charge in [0.1, 0.15) is 0 Å². The Morgan fingerprint density at radius 3 is 2.56 bits per heavy atom. The Labute approximate surface area is 118 Å². The van der Waals surface area contributed by atoms with E-state index in [1.807, 2.05) is 12.1 Å². The number of hydrogen-bond acceptors (Lipinski definition) is 2. The number of nitrogens with zero attached hydrogens (tertiary/aromatic N) is 1. The lowest BCUT2D eigenvalue weighted by atomic mass is 10.1. The summed E-state index contributed by atoms with van der Waals surface area (Å²) in [6, 6.07) is 7.24. The zero-order chi connectivity index (χ0) is 12.5. The van der Waals surface area contributed by atoms with Crippen molar-refractivity contribution < 1.29 is 0 Å². The van der Waals surface area contributed by atoms with E-state index in [-0.39, 0.29) is 0 Å². The van der Waals surface area contributed by atoms with Gasteiger partial charge in [-0.3, -0.25) is 4.90 Å². The highest BCUT2D eigenvalue weighted by Gasteiger charge is 2.29. The molecule has 2 aliphatic rings. The summed E-state index contributed by atoms with van der Waals surface area (Å²) < 4.78 is 0. The molecule has 2 aliphatic heterocycles. The fourth-order valence-electron chi connectivity index (χ4n) is 3.12. The predicted molar refractivity (Wildman–Crippen MR) is 76.3 cm³/mol. The molecule has 18 heavy (non-hydrogen) atoms. The minimum absolute atomic E-state index is 0.673. The lowest BCUT2D eigenvalue weighted by Gasteiger charge is -2.24. The van der Waals surface area contributed by atoms with Gasteiger partial charge in [0.05, 0.1) is 0 Å². The number of nitrogens with one attached hydrogen (secondary N) is 1. The number of likely N-dealkylation sites (tertiary alicyclic amines) is 1. The van der Waals surface area contributed by atoms with E-state index >= 15 is 0 Å². The topological polar surface area (TPSA) is 15.3 Å². The molecule has 2 bridgehead atoms. The van der Waals surface area contributed by atoms with Crippen LogP contribution in [0.3, 0.4) is 0 Å². The molecule has 0 aromatic heterocycles. The van der Waals surface area contributed by atoms with E-state index in [1.54, 1.807) is 6.07 Å². The summed E-state index contributed by atoms with van der Waals surface area (Å²) in [7, 11) is 0. The van der Waals surface area contributed by atoms with Crippen molar-refractivity contribution in [2.45, 2.75) is 37.9 Å². The quantitative estimate of drug-likeness (QED) is 0.896. The molecule has 1 aromatic rings. The molecule has 2 fully saturated rings. The first kappa shape index (κ1) is 12.7. The Bertz CT molecular complexity index is 416. The molecule has 1 N–H and O–H groups in total. The molecule has 0 amide bonds. The van der Waals surface area contributed by atoms with Crippen LogP contribution in [0.15, 0.2) is 18.2 Å². The van der Waals surface area contributed by atoms with Crippen molar-refractivity contribution in [2.75, 3.05) is 13.1 Å². The molecule has 0 saturated carbocycles. The average Bonchev–Trinajstić information content (AvgIpc) is 2.61. The molecule has 2 atom stereocenters. The average molecular weight is 285 g/mol. The van der Waals surface area contributed by atoms with Crippen molar-refractivity contribution in [1.82, 2.24) is 10.2 Å². The van der Waals surface area contributed by atoms with Gasteiger partial charge in [-0.25, -0.2) is 0 Å². The monoisotopic (exact) mass is 284 g/mol. The van der Waals surface area contributed by atoms with Crippen LogP contribution in [-0.2, 0) is 6.54 Å². The third-order valence-corrected chi connectivity index (χ3v) is 4.37. The molecule has 0 aliphatic carbocycles. The highest BCUT2D eigenvalue weighted by molar-refractivity contribution is 6.34. The maximum Gasteiger partial charge on any atom is 0.0424 e. The van der Waals surface area contributed by atoms with Crippen molar-refractivity contribution >= 4 is 23.2 Å². The van der Waals surface area contributed by atoms with Crippen molar-refractivity contribution in [3.05, 3.63) is 33.8 Å². The molecule has 98 valence electrons. The Hall–Kier alpha value is -0.280. The first-order valence-corrected chi connectivity index (χ1v) is 7.38. The molecular weight excluding hydrogens is 267 g/mol. The zero-order valence-electron chi connectivity index (χ0n) is 10.3. The van der Waals surface area contributed by atoms with Crippen LogP contribution >= 0.6 is 23.2 Å². The molecule has 3 rings (SSSR count). The highest BCUT2D eigenvalue weighted by atomic mass is 35.5. The molecule has 2 unspecified atom stereocenters. The summed E-state index contributed by atoms with van der Waals surface area (Å²) in [6.45, 7) is 3.25. The Morgan fingerprint density at radius 1 is 1.06 bits per heavy atom. The molecule has 0 spiro atoms. The lowest BCUT2D eigenvalue weighted by molar-refractivity contribution is 0.251. The van der Waals surface area contributed by atoms with Crippen LogP contribution < -0.4 is 5.32 Å². The van der Waals surface area contributed by atoms with Crippen LogP contribution in [0.2, 0.25) is 10.0 Å². The normalized spacial score (nSPS) is 28.3. The van der Waals surface area contributed by atoms with Gasteiger partial charge in [-0.1, -0.05) is 23.2 Å². The van der Waals surface area contributed by atoms with E-state index in [1.165, 1.54) is 24.8 Å². The fraction of sp³-hybridized carbons (Fsp3) is 0.571. The highest BCUT2D eigenvalue weighted by Crippen LogP contribution is 2.24. The summed E-state index contributed by atoms with van der Waals surface area (Å²) >= 11 is 12.1. The van der Waals surface area contributed by atoms with Crippen LogP contribution in [0.25, 0.3) is 0 Å². The van der Waals surface area contributed by atoms with E-state index in [2.05, 4.69) is 10.2 Å². The van der Waals surface area contributed by atoms with Crippen LogP contribution in [0.5, 0.6) is 0 Å². The number of rotatable bonds is 2. The molecule has 2 nitrogen and oxygen atoms in total. The van der Waals surface area contributed by atoms with Gasteiger partial charge in [0.15, 0.2) is 0 Å². The van der Waals surface area contributed by atoms with E-state index in [0.717, 1.165) is 35.7 Å². The van der Waals surface area contributed by atoms with Gasteiger partial charge in [0, 0.05) is 41.8 Å². The minimum Gasteiger partial charge on any atom is -0.310 e. The van der Waals surface area contributed by atoms with Gasteiger partial charge in [0.25, 0.3) is 0 Å². The Morgan fingerprint density at radius 2 is 1.78 bits per heavy atom. The number of fused-ring (bicyclic) bond motifs is 2. The largest absolute Gasteiger partial charge is 0.310 e. The smallest absolute Gasteiger partial charge is 0.0424 e. The Kier molecular flexibility index (Phi) is 3.81. The van der Waals surface area contributed by atoms with E-state index < -0.39 is 0 Å². The van der Waals surface area contributed by atoms with Gasteiger partial charge in [-0.2, -0.15) is 0 Å². The maximum atomic E-state index is 6.05. The van der Waals surface area contributed by atoms with Crippen LogP contribution in [-0.4, -0.2) is 30.1 Å². The molecule has 4 heteroatoms. The van der Waals surface area contributed by atoms with Gasteiger partial charge < -0.3 is 5.32 Å². The zero-order valence-corrected chi connectivity index (χ0v) is 11.8. The van der Waals surface area contributed by atoms with Crippen LogP contribution in [0.1, 0.15) is 24.8 Å². The van der Waals surface area contributed by atoms with Crippen molar-refractivity contribution in [3.8, 4) is 0 Å². The van der Waals surface area contributed by atoms with Gasteiger partial charge >= 0.3 is 0 Å². The van der Waals surface area contributed by atoms with Crippen molar-refractivity contribution in [1.29, 1.82) is 0 Å². The lowest BCUT2D eigenvalue weighted by Crippen LogP contribution is -2.34. The predicted octanol–water partition coefficient (Wildman–Crippen LogP) is 3.32. The molecule has 0 radical (unpaired) electrons. The second-order valence-electron chi connectivity index (χ2n) is 5.44.